The van der Waals surface area contributed by atoms with Gasteiger partial charge < -0.3 is 5.32 Å². The number of sulfone groups is 1. The number of nitrogens with one attached hydrogen (secondary N) is 1. The van der Waals surface area contributed by atoms with E-state index in [1.54, 1.807) is 10.7 Å². The molecule has 1 fully saturated rings. The molecule has 0 saturated carbocycles. The van der Waals surface area contributed by atoms with Crippen molar-refractivity contribution in [2.75, 3.05) is 16.8 Å². The Bertz CT molecular complexity index is 956. The van der Waals surface area contributed by atoms with Crippen LogP contribution in [0.15, 0.2) is 24.3 Å². The summed E-state index contributed by atoms with van der Waals surface area (Å²) in [4.78, 5) is 12.5. The van der Waals surface area contributed by atoms with Crippen LogP contribution in [0, 0.1) is 5.82 Å². The zero-order valence-electron chi connectivity index (χ0n) is 14.4. The number of nitrogens with zero attached hydrogens (tertiary/aromatic N) is 2. The SMILES string of the molecule is CC(C)c1cc(C(=O)Nc2ccc(F)c(Cl)c2)nn1[C@@H]1CCS(=O)(=O)C1. The van der Waals surface area contributed by atoms with Gasteiger partial charge >= 0.3 is 0 Å². The molecule has 140 valence electrons. The largest absolute Gasteiger partial charge is 0.321 e. The molecule has 26 heavy (non-hydrogen) atoms. The molecule has 1 aliphatic rings. The highest BCUT2D eigenvalue weighted by Gasteiger charge is 2.32. The van der Waals surface area contributed by atoms with E-state index in [1.807, 2.05) is 13.8 Å². The molecular weight excluding hydrogens is 381 g/mol. The Morgan fingerprint density at radius 2 is 2.12 bits per heavy atom. The Balaban J connectivity index is 1.87. The molecule has 0 unspecified atom stereocenters. The van der Waals surface area contributed by atoms with E-state index in [-0.39, 0.29) is 34.2 Å². The van der Waals surface area contributed by atoms with Gasteiger partial charge in [0.2, 0.25) is 0 Å². The molecule has 1 aromatic carbocycles. The van der Waals surface area contributed by atoms with Gasteiger partial charge in [-0.25, -0.2) is 12.8 Å². The van der Waals surface area contributed by atoms with Crippen LogP contribution in [0.2, 0.25) is 5.02 Å². The summed E-state index contributed by atoms with van der Waals surface area (Å²) in [7, 11) is -3.07. The quantitative estimate of drug-likeness (QED) is 0.854. The lowest BCUT2D eigenvalue weighted by Gasteiger charge is -2.15. The van der Waals surface area contributed by atoms with Crippen LogP contribution in [-0.2, 0) is 9.84 Å². The van der Waals surface area contributed by atoms with Crippen LogP contribution >= 0.6 is 11.6 Å². The van der Waals surface area contributed by atoms with Crippen molar-refractivity contribution < 1.29 is 17.6 Å². The summed E-state index contributed by atoms with van der Waals surface area (Å²) in [5.74, 6) is -0.798. The minimum absolute atomic E-state index is 0.0308. The van der Waals surface area contributed by atoms with Crippen LogP contribution in [0.4, 0.5) is 10.1 Å². The minimum Gasteiger partial charge on any atom is -0.321 e. The zero-order chi connectivity index (χ0) is 19.1. The standard InChI is InChI=1S/C17H19ClFN3O3S/c1-10(2)16-8-15(21-22(16)12-5-6-26(24,25)9-12)17(23)20-11-3-4-14(19)13(18)7-11/h3-4,7-8,10,12H,5-6,9H2,1-2H3,(H,20,23)/t12-/m1/s1. The maximum atomic E-state index is 13.2. The average Bonchev–Trinajstić information content (AvgIpc) is 3.14. The van der Waals surface area contributed by atoms with Crippen molar-refractivity contribution in [3.05, 3.63) is 46.5 Å². The Morgan fingerprint density at radius 3 is 2.69 bits per heavy atom. The van der Waals surface area contributed by atoms with Gasteiger partial charge in [-0.05, 0) is 36.6 Å². The number of carbonyl (C=O) groups excluding carboxylic acids is 1. The monoisotopic (exact) mass is 399 g/mol. The fraction of sp³-hybridized carbons (Fsp3) is 0.412. The number of benzene rings is 1. The summed E-state index contributed by atoms with van der Waals surface area (Å²) in [5.41, 5.74) is 1.33. The van der Waals surface area contributed by atoms with Gasteiger partial charge in [-0.3, -0.25) is 9.48 Å². The van der Waals surface area contributed by atoms with Crippen LogP contribution in [0.25, 0.3) is 0 Å². The number of aromatic nitrogens is 2. The van der Waals surface area contributed by atoms with E-state index in [1.165, 1.54) is 18.2 Å². The van der Waals surface area contributed by atoms with Gasteiger partial charge in [0.25, 0.3) is 5.91 Å². The zero-order valence-corrected chi connectivity index (χ0v) is 15.9. The number of hydrogen-bond acceptors (Lipinski definition) is 4. The summed E-state index contributed by atoms with van der Waals surface area (Å²) in [6.45, 7) is 3.91. The van der Waals surface area contributed by atoms with E-state index in [0.29, 0.717) is 12.1 Å². The van der Waals surface area contributed by atoms with Crippen molar-refractivity contribution in [2.24, 2.45) is 0 Å². The van der Waals surface area contributed by atoms with E-state index in [4.69, 9.17) is 11.6 Å². The molecule has 1 N–H and O–H groups in total. The van der Waals surface area contributed by atoms with E-state index >= 15 is 0 Å². The molecule has 3 rings (SSSR count). The lowest BCUT2D eigenvalue weighted by atomic mass is 10.1. The molecule has 0 radical (unpaired) electrons. The van der Waals surface area contributed by atoms with E-state index in [2.05, 4.69) is 10.4 Å². The van der Waals surface area contributed by atoms with Crippen molar-refractivity contribution in [3.8, 4) is 0 Å². The van der Waals surface area contributed by atoms with Crippen molar-refractivity contribution >= 4 is 33.0 Å². The van der Waals surface area contributed by atoms with E-state index < -0.39 is 21.6 Å². The van der Waals surface area contributed by atoms with Gasteiger partial charge in [-0.15, -0.1) is 0 Å². The van der Waals surface area contributed by atoms with Crippen molar-refractivity contribution in [1.82, 2.24) is 9.78 Å². The highest BCUT2D eigenvalue weighted by molar-refractivity contribution is 7.91. The van der Waals surface area contributed by atoms with Gasteiger partial charge in [0.15, 0.2) is 15.5 Å². The van der Waals surface area contributed by atoms with Gasteiger partial charge in [0.1, 0.15) is 5.82 Å². The molecule has 1 atom stereocenters. The van der Waals surface area contributed by atoms with Crippen LogP contribution in [0.3, 0.4) is 0 Å². The average molecular weight is 400 g/mol. The van der Waals surface area contributed by atoms with E-state index in [9.17, 15) is 17.6 Å². The van der Waals surface area contributed by atoms with Gasteiger partial charge in [0.05, 0.1) is 22.6 Å². The fourth-order valence-corrected chi connectivity index (χ4v) is 4.85. The number of halogens is 2. The first-order valence-corrected chi connectivity index (χ1v) is 10.4. The van der Waals surface area contributed by atoms with Gasteiger partial charge in [-0.1, -0.05) is 25.4 Å². The van der Waals surface area contributed by atoms with Gasteiger partial charge in [-0.2, -0.15) is 5.10 Å². The van der Waals surface area contributed by atoms with Crippen LogP contribution in [0.1, 0.15) is 48.4 Å². The first-order chi connectivity index (χ1) is 12.2. The highest BCUT2D eigenvalue weighted by Crippen LogP contribution is 2.28. The molecule has 0 aliphatic carbocycles. The predicted octanol–water partition coefficient (Wildman–Crippen LogP) is 3.41. The van der Waals surface area contributed by atoms with E-state index in [0.717, 1.165) is 5.69 Å². The molecule has 2 heterocycles. The Morgan fingerprint density at radius 1 is 1.38 bits per heavy atom. The molecule has 1 saturated heterocycles. The second-order valence-electron chi connectivity index (χ2n) is 6.69. The van der Waals surface area contributed by atoms with Crippen molar-refractivity contribution in [1.29, 1.82) is 0 Å². The Hall–Kier alpha value is -1.93. The topological polar surface area (TPSA) is 81.1 Å². The molecule has 0 bridgehead atoms. The maximum absolute atomic E-state index is 13.2. The van der Waals surface area contributed by atoms with Crippen molar-refractivity contribution in [3.63, 3.8) is 0 Å². The third-order valence-corrected chi connectivity index (χ3v) is 6.36. The first kappa shape index (κ1) is 18.8. The van der Waals surface area contributed by atoms with Crippen molar-refractivity contribution in [2.45, 2.75) is 32.2 Å². The van der Waals surface area contributed by atoms with Gasteiger partial charge in [0, 0.05) is 11.4 Å². The smallest absolute Gasteiger partial charge is 0.276 e. The summed E-state index contributed by atoms with van der Waals surface area (Å²) in [6.07, 6.45) is 0.484. The Kier molecular flexibility index (Phi) is 5.07. The van der Waals surface area contributed by atoms with Crippen LogP contribution in [-0.4, -0.2) is 35.6 Å². The lowest BCUT2D eigenvalue weighted by molar-refractivity contribution is 0.102. The second kappa shape index (κ2) is 7.00. The molecule has 1 aliphatic heterocycles. The summed E-state index contributed by atoms with van der Waals surface area (Å²) < 4.78 is 38.4. The predicted molar refractivity (Wildman–Crippen MR) is 98.0 cm³/mol. The molecule has 6 nitrogen and oxygen atoms in total. The summed E-state index contributed by atoms with van der Waals surface area (Å²) in [5, 5.41) is 6.89. The molecular formula is C17H19ClFN3O3S. The molecule has 2 aromatic rings. The molecule has 9 heteroatoms. The summed E-state index contributed by atoms with van der Waals surface area (Å²) in [6, 6.07) is 5.29. The first-order valence-electron chi connectivity index (χ1n) is 8.22. The van der Waals surface area contributed by atoms with Crippen LogP contribution < -0.4 is 5.32 Å². The lowest BCUT2D eigenvalue weighted by Crippen LogP contribution is -2.17. The normalized spacial score (nSPS) is 19.0. The number of rotatable bonds is 4. The third kappa shape index (κ3) is 3.91. The highest BCUT2D eigenvalue weighted by atomic mass is 35.5. The van der Waals surface area contributed by atoms with Crippen LogP contribution in [0.5, 0.6) is 0 Å². The second-order valence-corrected chi connectivity index (χ2v) is 9.33. The maximum Gasteiger partial charge on any atom is 0.276 e. The number of anilines is 1. The third-order valence-electron chi connectivity index (χ3n) is 4.32. The Labute approximate surface area is 156 Å². The fourth-order valence-electron chi connectivity index (χ4n) is 2.98. The number of amides is 1. The number of hydrogen-bond donors (Lipinski definition) is 1. The molecule has 0 spiro atoms. The minimum atomic E-state index is -3.07. The molecule has 1 aromatic heterocycles. The molecule has 1 amide bonds. The number of carbonyl (C=O) groups is 1. The summed E-state index contributed by atoms with van der Waals surface area (Å²) >= 11 is 5.72.